The predicted octanol–water partition coefficient (Wildman–Crippen LogP) is 3.10. The molecule has 0 unspecified atom stereocenters. The number of halogens is 1. The Morgan fingerprint density at radius 1 is 1.41 bits per heavy atom. The van der Waals surface area contributed by atoms with Gasteiger partial charge in [0.1, 0.15) is 0 Å². The van der Waals surface area contributed by atoms with E-state index in [9.17, 15) is 0 Å². The van der Waals surface area contributed by atoms with Gasteiger partial charge in [0.05, 0.1) is 6.20 Å². The third-order valence-electron chi connectivity index (χ3n) is 2.43. The van der Waals surface area contributed by atoms with Gasteiger partial charge in [-0.1, -0.05) is 19.1 Å². The van der Waals surface area contributed by atoms with Crippen molar-refractivity contribution in [1.82, 2.24) is 10.3 Å². The molecule has 0 radical (unpaired) electrons. The van der Waals surface area contributed by atoms with E-state index in [0.29, 0.717) is 0 Å². The quantitative estimate of drug-likeness (QED) is 0.670. The van der Waals surface area contributed by atoms with Crippen LogP contribution in [0.5, 0.6) is 0 Å². The molecule has 0 saturated carbocycles. The van der Waals surface area contributed by atoms with Gasteiger partial charge in [-0.05, 0) is 41.3 Å². The number of rotatable bonds is 5. The standard InChI is InChI=1S/C13H15IN2O/c1-2-15-7-6-13-16-9-12(17-13)10-4-3-5-11(14)8-10/h3-5,8-9,15H,2,6-7H2,1H3. The molecule has 0 amide bonds. The van der Waals surface area contributed by atoms with Gasteiger partial charge in [0, 0.05) is 22.1 Å². The number of nitrogens with one attached hydrogen (secondary N) is 1. The topological polar surface area (TPSA) is 38.1 Å². The highest BCUT2D eigenvalue weighted by Gasteiger charge is 2.06. The number of nitrogens with zero attached hydrogens (tertiary/aromatic N) is 1. The summed E-state index contributed by atoms with van der Waals surface area (Å²) in [6.45, 7) is 3.97. The van der Waals surface area contributed by atoms with E-state index in [1.54, 1.807) is 6.20 Å². The lowest BCUT2D eigenvalue weighted by Crippen LogP contribution is -2.16. The second-order valence-corrected chi connectivity index (χ2v) is 4.98. The van der Waals surface area contributed by atoms with Crippen molar-refractivity contribution >= 4 is 22.6 Å². The second-order valence-electron chi connectivity index (χ2n) is 3.73. The van der Waals surface area contributed by atoms with Crippen molar-refractivity contribution in [2.24, 2.45) is 0 Å². The van der Waals surface area contributed by atoms with Crippen molar-refractivity contribution in [3.63, 3.8) is 0 Å². The fourth-order valence-corrected chi connectivity index (χ4v) is 2.12. The number of hydrogen-bond acceptors (Lipinski definition) is 3. The minimum Gasteiger partial charge on any atom is -0.441 e. The van der Waals surface area contributed by atoms with Crippen LogP contribution in [0.2, 0.25) is 0 Å². The van der Waals surface area contributed by atoms with Crippen molar-refractivity contribution in [3.8, 4) is 11.3 Å². The maximum Gasteiger partial charge on any atom is 0.196 e. The Kier molecular flexibility index (Phi) is 4.56. The maximum absolute atomic E-state index is 5.72. The number of oxazole rings is 1. The van der Waals surface area contributed by atoms with Crippen LogP contribution in [-0.4, -0.2) is 18.1 Å². The smallest absolute Gasteiger partial charge is 0.196 e. The van der Waals surface area contributed by atoms with Crippen LogP contribution < -0.4 is 5.32 Å². The zero-order chi connectivity index (χ0) is 12.1. The Labute approximate surface area is 115 Å². The molecule has 0 bridgehead atoms. The summed E-state index contributed by atoms with van der Waals surface area (Å²) in [5.74, 6) is 1.63. The van der Waals surface area contributed by atoms with E-state index >= 15 is 0 Å². The minimum atomic E-state index is 0.791. The van der Waals surface area contributed by atoms with E-state index in [-0.39, 0.29) is 0 Å². The largest absolute Gasteiger partial charge is 0.441 e. The fourth-order valence-electron chi connectivity index (χ4n) is 1.57. The number of hydrogen-bond donors (Lipinski definition) is 1. The first-order valence-electron chi connectivity index (χ1n) is 5.71. The van der Waals surface area contributed by atoms with E-state index in [2.05, 4.69) is 51.9 Å². The zero-order valence-electron chi connectivity index (χ0n) is 9.74. The fraction of sp³-hybridized carbons (Fsp3) is 0.308. The van der Waals surface area contributed by atoms with Gasteiger partial charge in [0.15, 0.2) is 11.7 Å². The molecule has 0 spiro atoms. The predicted molar refractivity (Wildman–Crippen MR) is 76.9 cm³/mol. The summed E-state index contributed by atoms with van der Waals surface area (Å²) in [4.78, 5) is 4.28. The first kappa shape index (κ1) is 12.6. The average molecular weight is 342 g/mol. The van der Waals surface area contributed by atoms with Crippen molar-refractivity contribution in [2.45, 2.75) is 13.3 Å². The average Bonchev–Trinajstić information content (AvgIpc) is 2.78. The zero-order valence-corrected chi connectivity index (χ0v) is 11.9. The van der Waals surface area contributed by atoms with E-state index in [1.165, 1.54) is 3.57 Å². The molecule has 1 aromatic heterocycles. The summed E-state index contributed by atoms with van der Waals surface area (Å²) < 4.78 is 6.92. The maximum atomic E-state index is 5.72. The molecule has 90 valence electrons. The van der Waals surface area contributed by atoms with Gasteiger partial charge in [-0.3, -0.25) is 0 Å². The van der Waals surface area contributed by atoms with Crippen molar-refractivity contribution in [2.75, 3.05) is 13.1 Å². The van der Waals surface area contributed by atoms with E-state index in [4.69, 9.17) is 4.42 Å². The summed E-state index contributed by atoms with van der Waals surface area (Å²) in [7, 11) is 0. The molecule has 4 heteroatoms. The molecule has 1 aromatic carbocycles. The molecule has 1 heterocycles. The van der Waals surface area contributed by atoms with Crippen molar-refractivity contribution in [3.05, 3.63) is 39.9 Å². The summed E-state index contributed by atoms with van der Waals surface area (Å²) in [5, 5.41) is 3.25. The SMILES string of the molecule is CCNCCc1ncc(-c2cccc(I)c2)o1. The first-order chi connectivity index (χ1) is 8.29. The molecule has 17 heavy (non-hydrogen) atoms. The van der Waals surface area contributed by atoms with E-state index in [1.807, 2.05) is 12.1 Å². The van der Waals surface area contributed by atoms with Crippen molar-refractivity contribution < 1.29 is 4.42 Å². The molecule has 1 N–H and O–H groups in total. The van der Waals surface area contributed by atoms with Crippen LogP contribution in [0.15, 0.2) is 34.9 Å². The monoisotopic (exact) mass is 342 g/mol. The Balaban J connectivity index is 2.07. The molecule has 0 aliphatic heterocycles. The lowest BCUT2D eigenvalue weighted by molar-refractivity contribution is 0.497. The molecule has 0 aliphatic rings. The van der Waals surface area contributed by atoms with Crippen LogP contribution in [0.3, 0.4) is 0 Å². The Morgan fingerprint density at radius 3 is 3.06 bits per heavy atom. The van der Waals surface area contributed by atoms with Gasteiger partial charge in [0.25, 0.3) is 0 Å². The molecular formula is C13H15IN2O. The highest BCUT2D eigenvalue weighted by molar-refractivity contribution is 14.1. The second kappa shape index (κ2) is 6.16. The van der Waals surface area contributed by atoms with Crippen LogP contribution in [0.1, 0.15) is 12.8 Å². The van der Waals surface area contributed by atoms with Gasteiger partial charge >= 0.3 is 0 Å². The molecule has 0 fully saturated rings. The number of benzene rings is 1. The van der Waals surface area contributed by atoms with Gasteiger partial charge in [0.2, 0.25) is 0 Å². The molecular weight excluding hydrogens is 327 g/mol. The first-order valence-corrected chi connectivity index (χ1v) is 6.79. The van der Waals surface area contributed by atoms with Gasteiger partial charge < -0.3 is 9.73 Å². The number of likely N-dealkylation sites (N-methyl/N-ethyl adjacent to an activating group) is 1. The van der Waals surface area contributed by atoms with Crippen molar-refractivity contribution in [1.29, 1.82) is 0 Å². The summed E-state index contributed by atoms with van der Waals surface area (Å²) in [6, 6.07) is 8.22. The van der Waals surface area contributed by atoms with Crippen LogP contribution in [0, 0.1) is 3.57 Å². The Morgan fingerprint density at radius 2 is 2.29 bits per heavy atom. The van der Waals surface area contributed by atoms with Gasteiger partial charge in [-0.25, -0.2) is 4.98 Å². The minimum absolute atomic E-state index is 0.791. The Bertz CT molecular complexity index is 482. The molecule has 0 saturated heterocycles. The number of aromatic nitrogens is 1. The summed E-state index contributed by atoms with van der Waals surface area (Å²) in [5.41, 5.74) is 1.08. The summed E-state index contributed by atoms with van der Waals surface area (Å²) in [6.07, 6.45) is 2.63. The van der Waals surface area contributed by atoms with Gasteiger partial charge in [-0.2, -0.15) is 0 Å². The van der Waals surface area contributed by atoms with Crippen LogP contribution >= 0.6 is 22.6 Å². The van der Waals surface area contributed by atoms with Crippen LogP contribution in [-0.2, 0) is 6.42 Å². The van der Waals surface area contributed by atoms with Crippen LogP contribution in [0.4, 0.5) is 0 Å². The third kappa shape index (κ3) is 3.54. The highest BCUT2D eigenvalue weighted by Crippen LogP contribution is 2.22. The highest BCUT2D eigenvalue weighted by atomic mass is 127. The normalized spacial score (nSPS) is 10.7. The Hall–Kier alpha value is -0.880. The molecule has 3 nitrogen and oxygen atoms in total. The van der Waals surface area contributed by atoms with E-state index in [0.717, 1.165) is 36.7 Å². The lowest BCUT2D eigenvalue weighted by atomic mass is 10.2. The van der Waals surface area contributed by atoms with E-state index < -0.39 is 0 Å². The van der Waals surface area contributed by atoms with Crippen LogP contribution in [0.25, 0.3) is 11.3 Å². The lowest BCUT2D eigenvalue weighted by Gasteiger charge is -1.98. The molecule has 2 rings (SSSR count). The molecule has 2 aromatic rings. The van der Waals surface area contributed by atoms with Gasteiger partial charge in [-0.15, -0.1) is 0 Å². The summed E-state index contributed by atoms with van der Waals surface area (Å²) >= 11 is 2.29. The molecule has 0 aliphatic carbocycles. The molecule has 0 atom stereocenters. The third-order valence-corrected chi connectivity index (χ3v) is 3.10.